The van der Waals surface area contributed by atoms with Crippen molar-refractivity contribution < 1.29 is 4.79 Å². The minimum Gasteiger partial charge on any atom is -0.303 e. The van der Waals surface area contributed by atoms with Gasteiger partial charge in [0, 0.05) is 12.0 Å². The molecule has 0 aromatic carbocycles. The van der Waals surface area contributed by atoms with Crippen LogP contribution in [0.3, 0.4) is 0 Å². The second-order valence-corrected chi connectivity index (χ2v) is 6.75. The first-order chi connectivity index (χ1) is 7.76. The van der Waals surface area contributed by atoms with E-state index in [-0.39, 0.29) is 5.41 Å². The summed E-state index contributed by atoms with van der Waals surface area (Å²) < 4.78 is 0. The highest BCUT2D eigenvalue weighted by molar-refractivity contribution is 5.58. The van der Waals surface area contributed by atoms with Gasteiger partial charge in [0.25, 0.3) is 0 Å². The van der Waals surface area contributed by atoms with Gasteiger partial charge in [0.2, 0.25) is 0 Å². The van der Waals surface area contributed by atoms with Gasteiger partial charge in [-0.3, -0.25) is 0 Å². The maximum Gasteiger partial charge on any atom is 0.126 e. The van der Waals surface area contributed by atoms with Crippen LogP contribution in [0.4, 0.5) is 0 Å². The lowest BCUT2D eigenvalue weighted by atomic mass is 9.94. The summed E-state index contributed by atoms with van der Waals surface area (Å²) in [6.07, 6.45) is 3.52. The van der Waals surface area contributed by atoms with Crippen LogP contribution >= 0.6 is 0 Å². The maximum atomic E-state index is 11.0. The molecule has 0 aromatic rings. The molecule has 0 saturated carbocycles. The Balaban J connectivity index is 4.23. The number of nitrogens with zero attached hydrogens (tertiary/aromatic N) is 1. The molecule has 0 unspecified atom stereocenters. The van der Waals surface area contributed by atoms with Gasteiger partial charge in [-0.25, -0.2) is 0 Å². The van der Waals surface area contributed by atoms with Crippen molar-refractivity contribution in [1.29, 1.82) is 0 Å². The first-order valence-electron chi connectivity index (χ1n) is 6.95. The van der Waals surface area contributed by atoms with Crippen LogP contribution in [0.25, 0.3) is 0 Å². The Labute approximate surface area is 108 Å². The first kappa shape index (κ1) is 16.6. The Morgan fingerprint density at radius 1 is 1.00 bits per heavy atom. The smallest absolute Gasteiger partial charge is 0.126 e. The van der Waals surface area contributed by atoms with E-state index in [9.17, 15) is 4.79 Å². The summed E-state index contributed by atoms with van der Waals surface area (Å²) in [4.78, 5) is 13.5. The summed E-state index contributed by atoms with van der Waals surface area (Å²) in [5.74, 6) is 1.46. The highest BCUT2D eigenvalue weighted by Gasteiger charge is 2.21. The molecule has 2 nitrogen and oxygen atoms in total. The van der Waals surface area contributed by atoms with Gasteiger partial charge < -0.3 is 9.69 Å². The second kappa shape index (κ2) is 7.86. The van der Waals surface area contributed by atoms with E-state index in [0.29, 0.717) is 0 Å². The SMILES string of the molecule is CC(C)CCN(CCC(C)C)CC(C)(C)C=O. The Bertz CT molecular complexity index is 197. The molecule has 0 saturated heterocycles. The minimum atomic E-state index is -0.214. The molecule has 102 valence electrons. The summed E-state index contributed by atoms with van der Waals surface area (Å²) >= 11 is 0. The molecule has 0 rings (SSSR count). The molecule has 0 aliphatic carbocycles. The van der Waals surface area contributed by atoms with E-state index in [0.717, 1.165) is 37.8 Å². The van der Waals surface area contributed by atoms with Gasteiger partial charge in [-0.2, -0.15) is 0 Å². The largest absolute Gasteiger partial charge is 0.303 e. The first-order valence-corrected chi connectivity index (χ1v) is 6.95. The van der Waals surface area contributed by atoms with Crippen LogP contribution in [-0.4, -0.2) is 30.8 Å². The van der Waals surface area contributed by atoms with E-state index >= 15 is 0 Å². The summed E-state index contributed by atoms with van der Waals surface area (Å²) in [5, 5.41) is 0. The van der Waals surface area contributed by atoms with Crippen LogP contribution in [-0.2, 0) is 4.79 Å². The Kier molecular flexibility index (Phi) is 7.69. The molecular weight excluding hydrogens is 210 g/mol. The van der Waals surface area contributed by atoms with Crippen molar-refractivity contribution in [2.45, 2.75) is 54.4 Å². The Morgan fingerprint density at radius 3 is 1.71 bits per heavy atom. The zero-order valence-electron chi connectivity index (χ0n) is 12.6. The molecule has 0 fully saturated rings. The molecule has 0 spiro atoms. The Hall–Kier alpha value is -0.370. The molecule has 17 heavy (non-hydrogen) atoms. The van der Waals surface area contributed by atoms with E-state index in [4.69, 9.17) is 0 Å². The lowest BCUT2D eigenvalue weighted by Gasteiger charge is -2.30. The molecule has 0 N–H and O–H groups in total. The molecule has 0 bridgehead atoms. The summed E-state index contributed by atoms with van der Waals surface area (Å²) in [5.41, 5.74) is -0.214. The standard InChI is InChI=1S/C15H31NO/c1-13(2)7-9-16(10-8-14(3)4)11-15(5,6)12-17/h12-14H,7-11H2,1-6H3. The van der Waals surface area contributed by atoms with Gasteiger partial charge in [-0.1, -0.05) is 41.5 Å². The van der Waals surface area contributed by atoms with E-state index in [1.165, 1.54) is 12.8 Å². The zero-order chi connectivity index (χ0) is 13.5. The average molecular weight is 241 g/mol. The van der Waals surface area contributed by atoms with Crippen LogP contribution in [0, 0.1) is 17.3 Å². The highest BCUT2D eigenvalue weighted by atomic mass is 16.1. The van der Waals surface area contributed by atoms with Gasteiger partial charge in [0.05, 0.1) is 0 Å². The monoisotopic (exact) mass is 241 g/mol. The van der Waals surface area contributed by atoms with Crippen LogP contribution in [0.1, 0.15) is 54.4 Å². The molecule has 0 amide bonds. The lowest BCUT2D eigenvalue weighted by Crippen LogP contribution is -2.37. The second-order valence-electron chi connectivity index (χ2n) is 6.75. The highest BCUT2D eigenvalue weighted by Crippen LogP contribution is 2.16. The third kappa shape index (κ3) is 9.34. The van der Waals surface area contributed by atoms with Gasteiger partial charge in [0.1, 0.15) is 6.29 Å². The van der Waals surface area contributed by atoms with Gasteiger partial charge in [-0.15, -0.1) is 0 Å². The number of aldehydes is 1. The topological polar surface area (TPSA) is 20.3 Å². The van der Waals surface area contributed by atoms with E-state index in [1.807, 2.05) is 13.8 Å². The van der Waals surface area contributed by atoms with E-state index < -0.39 is 0 Å². The Morgan fingerprint density at radius 2 is 1.41 bits per heavy atom. The predicted octanol–water partition coefficient (Wildman–Crippen LogP) is 3.61. The van der Waals surface area contributed by atoms with Crippen molar-refractivity contribution in [2.24, 2.45) is 17.3 Å². The van der Waals surface area contributed by atoms with Crippen LogP contribution in [0.2, 0.25) is 0 Å². The van der Waals surface area contributed by atoms with Crippen molar-refractivity contribution in [3.05, 3.63) is 0 Å². The summed E-state index contributed by atoms with van der Waals surface area (Å²) in [6, 6.07) is 0. The van der Waals surface area contributed by atoms with Crippen molar-refractivity contribution >= 4 is 6.29 Å². The van der Waals surface area contributed by atoms with E-state index in [2.05, 4.69) is 32.6 Å². The van der Waals surface area contributed by atoms with Crippen molar-refractivity contribution in [3.63, 3.8) is 0 Å². The van der Waals surface area contributed by atoms with Crippen LogP contribution in [0.15, 0.2) is 0 Å². The third-order valence-electron chi connectivity index (χ3n) is 3.00. The lowest BCUT2D eigenvalue weighted by molar-refractivity contribution is -0.115. The summed E-state index contributed by atoms with van der Waals surface area (Å²) in [6.45, 7) is 16.2. The van der Waals surface area contributed by atoms with Gasteiger partial charge in [0.15, 0.2) is 0 Å². The fraction of sp³-hybridized carbons (Fsp3) is 0.933. The third-order valence-corrected chi connectivity index (χ3v) is 3.00. The number of carbonyl (C=O) groups excluding carboxylic acids is 1. The summed E-state index contributed by atoms with van der Waals surface area (Å²) in [7, 11) is 0. The number of hydrogen-bond donors (Lipinski definition) is 0. The number of carbonyl (C=O) groups is 1. The van der Waals surface area contributed by atoms with Crippen LogP contribution in [0.5, 0.6) is 0 Å². The predicted molar refractivity (Wildman–Crippen MR) is 75.2 cm³/mol. The normalized spacial score (nSPS) is 12.8. The minimum absolute atomic E-state index is 0.214. The zero-order valence-corrected chi connectivity index (χ0v) is 12.6. The molecule has 0 heterocycles. The van der Waals surface area contributed by atoms with Gasteiger partial charge in [-0.05, 0) is 37.8 Å². The number of hydrogen-bond acceptors (Lipinski definition) is 2. The molecule has 0 atom stereocenters. The number of rotatable bonds is 9. The van der Waals surface area contributed by atoms with Crippen molar-refractivity contribution in [2.75, 3.05) is 19.6 Å². The molecule has 0 aliphatic heterocycles. The van der Waals surface area contributed by atoms with Gasteiger partial charge >= 0.3 is 0 Å². The average Bonchev–Trinajstić information content (AvgIpc) is 2.21. The molecule has 2 heteroatoms. The van der Waals surface area contributed by atoms with Crippen molar-refractivity contribution in [3.8, 4) is 0 Å². The van der Waals surface area contributed by atoms with E-state index in [1.54, 1.807) is 0 Å². The van der Waals surface area contributed by atoms with Crippen molar-refractivity contribution in [1.82, 2.24) is 4.90 Å². The maximum absolute atomic E-state index is 11.0. The fourth-order valence-corrected chi connectivity index (χ4v) is 1.77. The molecule has 0 aliphatic rings. The van der Waals surface area contributed by atoms with Crippen LogP contribution < -0.4 is 0 Å². The molecule has 0 aromatic heterocycles. The molecular formula is C15H31NO. The quantitative estimate of drug-likeness (QED) is 0.575. The fourth-order valence-electron chi connectivity index (χ4n) is 1.77. The molecule has 0 radical (unpaired) electrons.